The molecule has 2 fully saturated rings. The van der Waals surface area contributed by atoms with E-state index in [0.29, 0.717) is 5.92 Å². The molecule has 0 N–H and O–H groups in total. The van der Waals surface area contributed by atoms with Crippen molar-refractivity contribution in [2.24, 2.45) is 27.6 Å². The topological polar surface area (TPSA) is 15.7 Å². The number of rotatable bonds is 7. The summed E-state index contributed by atoms with van der Waals surface area (Å²) in [6.07, 6.45) is 23.4. The monoisotopic (exact) mass is 1060 g/mol. The van der Waals surface area contributed by atoms with Crippen molar-refractivity contribution in [3.8, 4) is 11.1 Å². The summed E-state index contributed by atoms with van der Waals surface area (Å²) in [7, 11) is 1.79. The molecule has 5 aromatic rings. The first-order chi connectivity index (χ1) is 37.1. The number of hydrogen-bond donors (Lipinski definition) is 0. The number of nitrogens with zero attached hydrogens (tertiary/aromatic N) is 2. The molecule has 12 rings (SSSR count). The zero-order valence-electron chi connectivity index (χ0n) is 51.2. The van der Waals surface area contributed by atoms with Crippen molar-refractivity contribution in [2.75, 3.05) is 16.9 Å². The van der Waals surface area contributed by atoms with E-state index >= 15 is 0 Å². The van der Waals surface area contributed by atoms with Gasteiger partial charge in [0.25, 0.3) is 6.71 Å². The molecule has 2 saturated carbocycles. The lowest BCUT2D eigenvalue weighted by Crippen LogP contribution is -2.58. The third-order valence-electron chi connectivity index (χ3n) is 21.2. The Bertz CT molecular complexity index is 3580. The molecule has 2 atom stereocenters. The Balaban J connectivity index is 1.23. The van der Waals surface area contributed by atoms with Crippen molar-refractivity contribution in [1.29, 1.82) is 0 Å². The fraction of sp³-hybridized carbons (Fsp3) is 0.459. The summed E-state index contributed by atoms with van der Waals surface area (Å²) in [4.78, 5) is 5.66. The molecule has 1 aromatic heterocycles. The third kappa shape index (κ3) is 8.53. The van der Waals surface area contributed by atoms with E-state index in [4.69, 9.17) is 4.74 Å². The highest BCUT2D eigenvalue weighted by atomic mass is 32.1. The van der Waals surface area contributed by atoms with Gasteiger partial charge in [-0.15, -0.1) is 11.3 Å². The van der Waals surface area contributed by atoms with E-state index in [1.54, 1.807) is 29.3 Å². The number of ether oxygens (including phenoxy) is 1. The van der Waals surface area contributed by atoms with Crippen LogP contribution in [0.5, 0.6) is 0 Å². The largest absolute Gasteiger partial charge is 0.496 e. The van der Waals surface area contributed by atoms with Crippen LogP contribution in [0.25, 0.3) is 26.8 Å². The van der Waals surface area contributed by atoms with Crippen LogP contribution in [0.4, 0.5) is 22.7 Å². The molecule has 5 aliphatic carbocycles. The van der Waals surface area contributed by atoms with Gasteiger partial charge in [-0.2, -0.15) is 0 Å². The summed E-state index contributed by atoms with van der Waals surface area (Å²) >= 11 is 2.10. The fourth-order valence-corrected chi connectivity index (χ4v) is 17.1. The Hall–Kier alpha value is -5.52. The molecule has 4 aromatic carbocycles. The molecule has 3 heterocycles. The summed E-state index contributed by atoms with van der Waals surface area (Å²) in [5, 5.41) is 1.40. The quantitative estimate of drug-likeness (QED) is 0.0918. The second-order valence-electron chi connectivity index (χ2n) is 30.1. The van der Waals surface area contributed by atoms with Crippen LogP contribution >= 0.6 is 11.3 Å². The second kappa shape index (κ2) is 18.2. The van der Waals surface area contributed by atoms with Gasteiger partial charge in [0.05, 0.1) is 18.8 Å². The number of fused-ring (bicyclic) bond motifs is 8. The van der Waals surface area contributed by atoms with Gasteiger partial charge < -0.3 is 14.5 Å². The van der Waals surface area contributed by atoms with E-state index in [-0.39, 0.29) is 50.7 Å². The van der Waals surface area contributed by atoms with Crippen molar-refractivity contribution in [3.63, 3.8) is 0 Å². The molecule has 410 valence electrons. The minimum absolute atomic E-state index is 0.0163. The third-order valence-corrected chi connectivity index (χ3v) is 22.4. The zero-order chi connectivity index (χ0) is 56.3. The summed E-state index contributed by atoms with van der Waals surface area (Å²) in [5.41, 5.74) is 24.3. The number of allylic oxidation sites excluding steroid dienone is 9. The fourth-order valence-electron chi connectivity index (χ4n) is 15.8. The van der Waals surface area contributed by atoms with E-state index in [1.807, 2.05) is 18.2 Å². The van der Waals surface area contributed by atoms with Crippen LogP contribution in [0.1, 0.15) is 184 Å². The predicted octanol–water partition coefficient (Wildman–Crippen LogP) is 19.6. The number of methoxy groups -OCH3 is 1. The Morgan fingerprint density at radius 2 is 1.38 bits per heavy atom. The lowest BCUT2D eigenvalue weighted by molar-refractivity contribution is 0.122. The van der Waals surface area contributed by atoms with E-state index in [9.17, 15) is 0 Å². The Morgan fingerprint density at radius 1 is 0.747 bits per heavy atom. The molecule has 0 spiro atoms. The van der Waals surface area contributed by atoms with Crippen LogP contribution in [0.15, 0.2) is 149 Å². The van der Waals surface area contributed by atoms with Gasteiger partial charge in [-0.1, -0.05) is 182 Å². The number of anilines is 4. The standard InChI is InChI=1S/C74H89BN2OS/c1-19-20-25-63(78-18)45(2)50-23-21-22-24-51(50)46-38-61-65-62(39-46)77(48-28-26-47(27-29-48)68(3,4)5)66-52-41-55-58(74(16,17)37-34-71(55,10)11)44-64(52)79-67(66)75(65)59-42-56-57(73(14,15)36-35-72(56,12)13)43-60(59)76(61)49-30-31-53-54(40-49)70(8,9)33-32-69(53,6)7/h19-29,31,38-41,43-44,49,56H,1,30,32-37,42H2,2-18H3/b25-20-,63-45-. The SMILES string of the molecule is C=C/C=C\C(OC)=C(/C)c1ccccc1-c1cc2c3c(c1)N(C1C=C4C(=CC1)C(C)(C)CCC4(C)C)C1=C(CC4C(=C1)C(C)(C)CCC4(C)C)B3c1sc3cc4c(cc3c1N2c1ccc(C(C)(C)C)cc1)C(C)(C)CCC4(C)C. The number of thiophene rings is 1. The van der Waals surface area contributed by atoms with E-state index in [0.717, 1.165) is 24.2 Å². The minimum atomic E-state index is 0.0163. The lowest BCUT2D eigenvalue weighted by atomic mass is 9.33. The second-order valence-corrected chi connectivity index (χ2v) is 31.2. The first-order valence-corrected chi connectivity index (χ1v) is 30.9. The molecule has 79 heavy (non-hydrogen) atoms. The zero-order valence-corrected chi connectivity index (χ0v) is 52.0. The molecule has 7 aliphatic rings. The van der Waals surface area contributed by atoms with Crippen molar-refractivity contribution >= 4 is 66.7 Å². The first kappa shape index (κ1) is 54.1. The average Bonchev–Trinajstić information content (AvgIpc) is 3.23. The number of benzene rings is 4. The molecule has 0 bridgehead atoms. The maximum atomic E-state index is 6.17. The highest BCUT2D eigenvalue weighted by Gasteiger charge is 2.54. The average molecular weight is 1070 g/mol. The minimum Gasteiger partial charge on any atom is -0.496 e. The Labute approximate surface area is 480 Å². The maximum Gasteiger partial charge on any atom is 0.260 e. The van der Waals surface area contributed by atoms with Crippen LogP contribution in [0, 0.1) is 27.6 Å². The van der Waals surface area contributed by atoms with Crippen LogP contribution in [0.2, 0.25) is 0 Å². The van der Waals surface area contributed by atoms with Gasteiger partial charge in [0.15, 0.2) is 0 Å². The van der Waals surface area contributed by atoms with Crippen LogP contribution in [0.3, 0.4) is 0 Å². The van der Waals surface area contributed by atoms with Gasteiger partial charge >= 0.3 is 0 Å². The van der Waals surface area contributed by atoms with Gasteiger partial charge in [-0.25, -0.2) is 0 Å². The normalized spacial score (nSPS) is 24.0. The Kier molecular flexibility index (Phi) is 12.5. The molecular formula is C74H89BN2OS. The summed E-state index contributed by atoms with van der Waals surface area (Å²) < 4.78 is 9.09. The summed E-state index contributed by atoms with van der Waals surface area (Å²) in [5.74, 6) is 1.29. The molecule has 2 aliphatic heterocycles. The van der Waals surface area contributed by atoms with Crippen molar-refractivity contribution in [1.82, 2.24) is 0 Å². The van der Waals surface area contributed by atoms with E-state index in [2.05, 4.69) is 230 Å². The van der Waals surface area contributed by atoms with Crippen LogP contribution < -0.4 is 20.0 Å². The number of hydrogen-bond acceptors (Lipinski definition) is 4. The van der Waals surface area contributed by atoms with Crippen LogP contribution in [-0.4, -0.2) is 19.9 Å². The van der Waals surface area contributed by atoms with Crippen molar-refractivity contribution < 1.29 is 4.74 Å². The Morgan fingerprint density at radius 3 is 2.05 bits per heavy atom. The first-order valence-electron chi connectivity index (χ1n) is 30.1. The molecular weight excluding hydrogens is 976 g/mol. The molecule has 5 heteroatoms. The molecule has 3 nitrogen and oxygen atoms in total. The van der Waals surface area contributed by atoms with Gasteiger partial charge in [0.1, 0.15) is 5.76 Å². The maximum absolute atomic E-state index is 6.17. The van der Waals surface area contributed by atoms with Crippen LogP contribution in [-0.2, 0) is 21.0 Å². The summed E-state index contributed by atoms with van der Waals surface area (Å²) in [6, 6.07) is 29.5. The highest BCUT2D eigenvalue weighted by Crippen LogP contribution is 2.61. The molecule has 2 unspecified atom stereocenters. The lowest BCUT2D eigenvalue weighted by Gasteiger charge is -2.54. The van der Waals surface area contributed by atoms with Gasteiger partial charge in [-0.3, -0.25) is 0 Å². The van der Waals surface area contributed by atoms with Crippen molar-refractivity contribution in [3.05, 3.63) is 172 Å². The predicted molar refractivity (Wildman–Crippen MR) is 344 cm³/mol. The van der Waals surface area contributed by atoms with Gasteiger partial charge in [0, 0.05) is 37.6 Å². The van der Waals surface area contributed by atoms with Gasteiger partial charge in [0.2, 0.25) is 0 Å². The van der Waals surface area contributed by atoms with Crippen molar-refractivity contribution in [2.45, 2.75) is 184 Å². The van der Waals surface area contributed by atoms with E-state index in [1.165, 1.54) is 121 Å². The molecule has 0 amide bonds. The van der Waals surface area contributed by atoms with Gasteiger partial charge in [-0.05, 0) is 206 Å². The highest BCUT2D eigenvalue weighted by molar-refractivity contribution is 7.32. The smallest absolute Gasteiger partial charge is 0.260 e. The van der Waals surface area contributed by atoms with E-state index < -0.39 is 0 Å². The molecule has 0 saturated heterocycles. The molecule has 0 radical (unpaired) electrons. The summed E-state index contributed by atoms with van der Waals surface area (Å²) in [6.45, 7) is 43.6.